The topological polar surface area (TPSA) is 99.0 Å². The van der Waals surface area contributed by atoms with E-state index in [1.54, 1.807) is 47.7 Å². The van der Waals surface area contributed by atoms with Crippen LogP contribution in [0.15, 0.2) is 97.7 Å². The standard InChI is InChI=1S/C28H21N5O2/c29-25-10-6-21(7-11-25)17-32-18-26(30-19-32)22-4-1-3-20(15-22)5-8-23-16-24(28(34)35)9-12-27(23)33-14-2-13-31-33/h1-4,6-7,9-16,18-19H,17,29H2,(H,34,35). The summed E-state index contributed by atoms with van der Waals surface area (Å²) < 4.78 is 3.69. The number of carboxylic acid groups (broad SMARTS) is 1. The van der Waals surface area contributed by atoms with Gasteiger partial charge in [-0.2, -0.15) is 5.10 Å². The van der Waals surface area contributed by atoms with Crippen LogP contribution in [0.4, 0.5) is 5.69 Å². The van der Waals surface area contributed by atoms with E-state index in [1.165, 1.54) is 0 Å². The lowest BCUT2D eigenvalue weighted by Gasteiger charge is -2.06. The summed E-state index contributed by atoms with van der Waals surface area (Å²) in [5, 5.41) is 13.7. The van der Waals surface area contributed by atoms with Gasteiger partial charge in [-0.15, -0.1) is 0 Å². The molecule has 0 atom stereocenters. The normalized spacial score (nSPS) is 10.5. The van der Waals surface area contributed by atoms with Gasteiger partial charge in [-0.05, 0) is 54.1 Å². The minimum atomic E-state index is -1.00. The van der Waals surface area contributed by atoms with Gasteiger partial charge in [0.1, 0.15) is 0 Å². The second kappa shape index (κ2) is 9.41. The van der Waals surface area contributed by atoms with Crippen molar-refractivity contribution in [1.82, 2.24) is 19.3 Å². The number of nitrogens with zero attached hydrogens (tertiary/aromatic N) is 4. The Morgan fingerprint density at radius 1 is 1.00 bits per heavy atom. The number of rotatable bonds is 5. The van der Waals surface area contributed by atoms with Gasteiger partial charge >= 0.3 is 5.97 Å². The Kier molecular flexibility index (Phi) is 5.85. The van der Waals surface area contributed by atoms with Gasteiger partial charge in [0.2, 0.25) is 0 Å². The van der Waals surface area contributed by atoms with Crippen molar-refractivity contribution < 1.29 is 9.90 Å². The minimum absolute atomic E-state index is 0.172. The van der Waals surface area contributed by atoms with Crippen molar-refractivity contribution in [3.63, 3.8) is 0 Å². The van der Waals surface area contributed by atoms with Gasteiger partial charge in [0.05, 0.1) is 28.8 Å². The van der Waals surface area contributed by atoms with Crippen molar-refractivity contribution in [2.24, 2.45) is 0 Å². The van der Waals surface area contributed by atoms with Crippen molar-refractivity contribution in [3.05, 3.63) is 120 Å². The SMILES string of the molecule is Nc1ccc(Cn2cnc(-c3cccc(C#Cc4cc(C(=O)O)ccc4-n4cccn4)c3)c2)cc1. The molecule has 0 spiro atoms. The summed E-state index contributed by atoms with van der Waals surface area (Å²) in [6.07, 6.45) is 7.26. The van der Waals surface area contributed by atoms with Crippen LogP contribution in [0.1, 0.15) is 27.0 Å². The molecule has 0 amide bonds. The Labute approximate surface area is 202 Å². The zero-order valence-corrected chi connectivity index (χ0v) is 18.7. The first-order chi connectivity index (χ1) is 17.0. The maximum atomic E-state index is 11.5. The molecule has 0 fully saturated rings. The zero-order valence-electron chi connectivity index (χ0n) is 18.7. The highest BCUT2D eigenvalue weighted by Crippen LogP contribution is 2.20. The Balaban J connectivity index is 1.42. The first-order valence-electron chi connectivity index (χ1n) is 10.9. The number of anilines is 1. The Bertz CT molecular complexity index is 1560. The summed E-state index contributed by atoms with van der Waals surface area (Å²) >= 11 is 0. The highest BCUT2D eigenvalue weighted by molar-refractivity contribution is 5.88. The predicted molar refractivity (Wildman–Crippen MR) is 134 cm³/mol. The van der Waals surface area contributed by atoms with Crippen LogP contribution in [-0.2, 0) is 6.54 Å². The average molecular weight is 460 g/mol. The smallest absolute Gasteiger partial charge is 0.335 e. The van der Waals surface area contributed by atoms with Gasteiger partial charge < -0.3 is 15.4 Å². The van der Waals surface area contributed by atoms with Crippen molar-refractivity contribution in [1.29, 1.82) is 0 Å². The fourth-order valence-corrected chi connectivity index (χ4v) is 3.71. The van der Waals surface area contributed by atoms with Crippen LogP contribution < -0.4 is 5.73 Å². The Hall–Kier alpha value is -5.09. The van der Waals surface area contributed by atoms with Gasteiger partial charge in [0.25, 0.3) is 0 Å². The molecule has 3 N–H and O–H groups in total. The number of aromatic carboxylic acids is 1. The zero-order chi connectivity index (χ0) is 24.2. The number of nitrogens with two attached hydrogens (primary N) is 1. The van der Waals surface area contributed by atoms with E-state index < -0.39 is 5.97 Å². The summed E-state index contributed by atoms with van der Waals surface area (Å²) in [6, 6.07) is 22.2. The molecule has 170 valence electrons. The Morgan fingerprint density at radius 2 is 1.86 bits per heavy atom. The molecule has 3 aromatic carbocycles. The quantitative estimate of drug-likeness (QED) is 0.299. The molecule has 5 rings (SSSR count). The summed E-state index contributed by atoms with van der Waals surface area (Å²) in [6.45, 7) is 0.697. The van der Waals surface area contributed by atoms with E-state index in [9.17, 15) is 9.90 Å². The van der Waals surface area contributed by atoms with Crippen molar-refractivity contribution in [3.8, 4) is 28.8 Å². The minimum Gasteiger partial charge on any atom is -0.478 e. The highest BCUT2D eigenvalue weighted by atomic mass is 16.4. The molecule has 5 aromatic rings. The van der Waals surface area contributed by atoms with Crippen LogP contribution in [0.25, 0.3) is 16.9 Å². The fraction of sp³-hybridized carbons (Fsp3) is 0.0357. The van der Waals surface area contributed by atoms with E-state index in [-0.39, 0.29) is 5.56 Å². The monoisotopic (exact) mass is 459 g/mol. The molecular weight excluding hydrogens is 438 g/mol. The van der Waals surface area contributed by atoms with E-state index in [0.29, 0.717) is 17.8 Å². The molecule has 0 aliphatic carbocycles. The number of nitrogen functional groups attached to an aromatic ring is 1. The number of carbonyl (C=O) groups is 1. The molecule has 7 nitrogen and oxygen atoms in total. The molecule has 7 heteroatoms. The molecule has 0 aliphatic rings. The van der Waals surface area contributed by atoms with E-state index in [1.807, 2.05) is 59.3 Å². The molecule has 0 radical (unpaired) electrons. The second-order valence-corrected chi connectivity index (χ2v) is 7.99. The highest BCUT2D eigenvalue weighted by Gasteiger charge is 2.09. The summed E-state index contributed by atoms with van der Waals surface area (Å²) in [5.41, 5.74) is 11.7. The van der Waals surface area contributed by atoms with Gasteiger partial charge in [-0.3, -0.25) is 0 Å². The first kappa shape index (κ1) is 21.7. The third-order valence-corrected chi connectivity index (χ3v) is 5.47. The van der Waals surface area contributed by atoms with E-state index in [0.717, 1.165) is 28.1 Å². The summed E-state index contributed by atoms with van der Waals surface area (Å²) in [5.74, 6) is 5.28. The number of benzene rings is 3. The molecule has 2 aromatic heterocycles. The van der Waals surface area contributed by atoms with Crippen LogP contribution in [0.5, 0.6) is 0 Å². The number of hydrogen-bond donors (Lipinski definition) is 2. The molecule has 0 bridgehead atoms. The number of aromatic nitrogens is 4. The third kappa shape index (κ3) is 4.97. The lowest BCUT2D eigenvalue weighted by Crippen LogP contribution is -2.02. The maximum absolute atomic E-state index is 11.5. The van der Waals surface area contributed by atoms with Crippen LogP contribution in [0, 0.1) is 11.8 Å². The largest absolute Gasteiger partial charge is 0.478 e. The van der Waals surface area contributed by atoms with Crippen molar-refractivity contribution in [2.75, 3.05) is 5.73 Å². The first-order valence-corrected chi connectivity index (χ1v) is 10.9. The summed E-state index contributed by atoms with van der Waals surface area (Å²) in [4.78, 5) is 16.0. The van der Waals surface area contributed by atoms with Gasteiger partial charge in [-0.25, -0.2) is 14.5 Å². The lowest BCUT2D eigenvalue weighted by atomic mass is 10.1. The van der Waals surface area contributed by atoms with Crippen LogP contribution in [0.2, 0.25) is 0 Å². The van der Waals surface area contributed by atoms with E-state index >= 15 is 0 Å². The summed E-state index contributed by atoms with van der Waals surface area (Å²) in [7, 11) is 0. The van der Waals surface area contributed by atoms with Gasteiger partial charge in [0, 0.05) is 41.9 Å². The van der Waals surface area contributed by atoms with Crippen LogP contribution in [0.3, 0.4) is 0 Å². The van der Waals surface area contributed by atoms with Crippen LogP contribution in [-0.4, -0.2) is 30.4 Å². The molecular formula is C28H21N5O2. The Morgan fingerprint density at radius 3 is 2.63 bits per heavy atom. The molecule has 2 heterocycles. The van der Waals surface area contributed by atoms with E-state index in [4.69, 9.17) is 5.73 Å². The van der Waals surface area contributed by atoms with Gasteiger partial charge in [0.15, 0.2) is 0 Å². The predicted octanol–water partition coefficient (Wildman–Crippen LogP) is 4.46. The number of imidazole rings is 1. The van der Waals surface area contributed by atoms with E-state index in [2.05, 4.69) is 21.9 Å². The lowest BCUT2D eigenvalue weighted by molar-refractivity contribution is 0.0697. The average Bonchev–Trinajstić information content (AvgIpc) is 3.57. The molecule has 0 aliphatic heterocycles. The number of hydrogen-bond acceptors (Lipinski definition) is 4. The molecule has 0 saturated heterocycles. The maximum Gasteiger partial charge on any atom is 0.335 e. The van der Waals surface area contributed by atoms with Crippen molar-refractivity contribution >= 4 is 11.7 Å². The molecule has 0 unspecified atom stereocenters. The third-order valence-electron chi connectivity index (χ3n) is 5.47. The second-order valence-electron chi connectivity index (χ2n) is 7.99. The molecule has 0 saturated carbocycles. The van der Waals surface area contributed by atoms with Crippen molar-refractivity contribution in [2.45, 2.75) is 6.54 Å². The van der Waals surface area contributed by atoms with Crippen LogP contribution >= 0.6 is 0 Å². The van der Waals surface area contributed by atoms with Gasteiger partial charge in [-0.1, -0.05) is 36.1 Å². The fourth-order valence-electron chi connectivity index (χ4n) is 3.71. The molecule has 35 heavy (non-hydrogen) atoms. The number of carboxylic acids is 1.